The maximum atomic E-state index is 12.8. The van der Waals surface area contributed by atoms with Gasteiger partial charge in [-0.2, -0.15) is 0 Å². The highest BCUT2D eigenvalue weighted by atomic mass is 32.2. The first-order valence-corrected chi connectivity index (χ1v) is 9.25. The van der Waals surface area contributed by atoms with E-state index in [9.17, 15) is 4.79 Å². The number of carbonyl (C=O) groups excluding carboxylic acids is 1. The zero-order valence-corrected chi connectivity index (χ0v) is 15.0. The molecular weight excluding hydrogens is 334 g/mol. The zero-order chi connectivity index (χ0) is 17.4. The number of carbonyl (C=O) groups is 1. The summed E-state index contributed by atoms with van der Waals surface area (Å²) in [5, 5.41) is 4.05. The van der Waals surface area contributed by atoms with E-state index in [4.69, 9.17) is 9.15 Å². The van der Waals surface area contributed by atoms with Crippen LogP contribution in [0.5, 0.6) is 5.75 Å². The third-order valence-corrected chi connectivity index (χ3v) is 5.74. The van der Waals surface area contributed by atoms with Gasteiger partial charge in [-0.05, 0) is 43.2 Å². The third kappa shape index (κ3) is 2.89. The van der Waals surface area contributed by atoms with Gasteiger partial charge >= 0.3 is 0 Å². The maximum Gasteiger partial charge on any atom is 0.287 e. The third-order valence-electron chi connectivity index (χ3n) is 4.61. The molecule has 1 atom stereocenters. The second kappa shape index (κ2) is 6.48. The van der Waals surface area contributed by atoms with Gasteiger partial charge in [0.25, 0.3) is 5.91 Å². The van der Waals surface area contributed by atoms with Crippen LogP contribution in [0.4, 0.5) is 0 Å². The number of ether oxygens (including phenoxy) is 1. The lowest BCUT2D eigenvalue weighted by atomic mass is 10.0. The molecule has 3 aromatic rings. The fraction of sp³-hybridized carbons (Fsp3) is 0.250. The topological polar surface area (TPSA) is 51.5 Å². The number of amides is 1. The summed E-state index contributed by atoms with van der Waals surface area (Å²) in [5.74, 6) is 1.96. The molecule has 0 saturated heterocycles. The van der Waals surface area contributed by atoms with Crippen molar-refractivity contribution in [2.45, 2.75) is 24.3 Å². The molecule has 0 saturated carbocycles. The largest absolute Gasteiger partial charge is 0.497 e. The Balaban J connectivity index is 1.64. The van der Waals surface area contributed by atoms with Crippen LogP contribution >= 0.6 is 11.8 Å². The second-order valence-corrected chi connectivity index (χ2v) is 7.26. The fourth-order valence-electron chi connectivity index (χ4n) is 3.26. The molecule has 5 heteroatoms. The van der Waals surface area contributed by atoms with Crippen molar-refractivity contribution in [2.24, 2.45) is 0 Å². The van der Waals surface area contributed by atoms with Gasteiger partial charge in [0.1, 0.15) is 11.3 Å². The maximum absolute atomic E-state index is 12.8. The molecular formula is C20H19NO3S. The van der Waals surface area contributed by atoms with Crippen molar-refractivity contribution < 1.29 is 13.9 Å². The minimum Gasteiger partial charge on any atom is -0.497 e. The highest BCUT2D eigenvalue weighted by Crippen LogP contribution is 2.36. The van der Waals surface area contributed by atoms with Gasteiger partial charge in [0.05, 0.1) is 13.2 Å². The van der Waals surface area contributed by atoms with Crippen molar-refractivity contribution in [3.05, 3.63) is 59.4 Å². The van der Waals surface area contributed by atoms with E-state index in [-0.39, 0.29) is 11.9 Å². The number of hydrogen-bond acceptors (Lipinski definition) is 4. The highest BCUT2D eigenvalue weighted by Gasteiger charge is 2.25. The number of benzene rings is 2. The molecule has 1 aromatic heterocycles. The monoisotopic (exact) mass is 353 g/mol. The van der Waals surface area contributed by atoms with Crippen molar-refractivity contribution in [1.82, 2.24) is 5.32 Å². The Morgan fingerprint density at radius 2 is 2.12 bits per heavy atom. The number of nitrogens with one attached hydrogen (secondary N) is 1. The van der Waals surface area contributed by atoms with Gasteiger partial charge < -0.3 is 14.5 Å². The molecule has 0 fully saturated rings. The van der Waals surface area contributed by atoms with Gasteiger partial charge in [-0.1, -0.05) is 18.2 Å². The van der Waals surface area contributed by atoms with Crippen LogP contribution in [0.25, 0.3) is 11.0 Å². The Labute approximate surface area is 150 Å². The normalized spacial score (nSPS) is 16.5. The number of thioether (sulfide) groups is 1. The summed E-state index contributed by atoms with van der Waals surface area (Å²) in [7, 11) is 1.63. The second-order valence-electron chi connectivity index (χ2n) is 6.12. The predicted octanol–water partition coefficient (Wildman–Crippen LogP) is 4.72. The minimum atomic E-state index is -0.167. The zero-order valence-electron chi connectivity index (χ0n) is 14.2. The molecule has 128 valence electrons. The molecule has 4 nitrogen and oxygen atoms in total. The lowest BCUT2D eigenvalue weighted by Gasteiger charge is -2.25. The summed E-state index contributed by atoms with van der Waals surface area (Å²) in [6.07, 6.45) is 0.917. The van der Waals surface area contributed by atoms with E-state index in [2.05, 4.69) is 17.4 Å². The van der Waals surface area contributed by atoms with Gasteiger partial charge in [-0.3, -0.25) is 4.79 Å². The van der Waals surface area contributed by atoms with Crippen LogP contribution in [-0.4, -0.2) is 18.8 Å². The number of hydrogen-bond donors (Lipinski definition) is 1. The summed E-state index contributed by atoms with van der Waals surface area (Å²) >= 11 is 1.84. The van der Waals surface area contributed by atoms with Gasteiger partial charge in [-0.15, -0.1) is 11.8 Å². The average molecular weight is 353 g/mol. The molecule has 1 N–H and O–H groups in total. The van der Waals surface area contributed by atoms with Crippen LogP contribution in [0.3, 0.4) is 0 Å². The minimum absolute atomic E-state index is 0.0205. The molecule has 0 spiro atoms. The Bertz CT molecular complexity index is 947. The Kier molecular flexibility index (Phi) is 4.17. The molecule has 4 rings (SSSR count). The molecule has 2 heterocycles. The van der Waals surface area contributed by atoms with Crippen LogP contribution in [0.15, 0.2) is 51.8 Å². The molecule has 1 amide bonds. The first-order chi connectivity index (χ1) is 12.2. The van der Waals surface area contributed by atoms with Crippen LogP contribution in [0.2, 0.25) is 0 Å². The van der Waals surface area contributed by atoms with E-state index >= 15 is 0 Å². The summed E-state index contributed by atoms with van der Waals surface area (Å²) < 4.78 is 11.1. The Morgan fingerprint density at radius 1 is 1.28 bits per heavy atom. The molecule has 0 bridgehead atoms. The van der Waals surface area contributed by atoms with E-state index in [0.717, 1.165) is 28.9 Å². The van der Waals surface area contributed by atoms with E-state index in [1.54, 1.807) is 7.11 Å². The van der Waals surface area contributed by atoms with Crippen LogP contribution in [0.1, 0.15) is 34.1 Å². The van der Waals surface area contributed by atoms with Gasteiger partial charge in [0.2, 0.25) is 0 Å². The summed E-state index contributed by atoms with van der Waals surface area (Å²) in [6.45, 7) is 1.91. The van der Waals surface area contributed by atoms with Crippen LogP contribution < -0.4 is 10.1 Å². The summed E-state index contributed by atoms with van der Waals surface area (Å²) in [6, 6.07) is 13.8. The number of aryl methyl sites for hydroxylation is 1. The van der Waals surface area contributed by atoms with Crippen LogP contribution in [0, 0.1) is 6.92 Å². The number of furan rings is 1. The number of rotatable bonds is 3. The number of fused-ring (bicyclic) bond motifs is 2. The van der Waals surface area contributed by atoms with E-state index in [1.807, 2.05) is 49.0 Å². The van der Waals surface area contributed by atoms with Crippen molar-refractivity contribution in [3.8, 4) is 5.75 Å². The SMILES string of the molecule is COc1ccc2oc(C(=O)N[C@H]3CCSc4ccccc43)c(C)c2c1. The lowest BCUT2D eigenvalue weighted by molar-refractivity contribution is 0.0908. The predicted molar refractivity (Wildman–Crippen MR) is 99.5 cm³/mol. The molecule has 0 radical (unpaired) electrons. The molecule has 2 aromatic carbocycles. The van der Waals surface area contributed by atoms with E-state index in [0.29, 0.717) is 11.3 Å². The van der Waals surface area contributed by atoms with Crippen LogP contribution in [-0.2, 0) is 0 Å². The van der Waals surface area contributed by atoms with Gasteiger partial charge in [0.15, 0.2) is 5.76 Å². The molecule has 0 aliphatic carbocycles. The van der Waals surface area contributed by atoms with Gasteiger partial charge in [0, 0.05) is 21.6 Å². The standard InChI is InChI=1S/C20H19NO3S/c1-12-15-11-13(23-2)7-8-17(15)24-19(12)20(22)21-16-9-10-25-18-6-4-3-5-14(16)18/h3-8,11,16H,9-10H2,1-2H3,(H,21,22)/t16-/m0/s1. The fourth-order valence-corrected chi connectivity index (χ4v) is 4.38. The van der Waals surface area contributed by atoms with Crippen molar-refractivity contribution in [2.75, 3.05) is 12.9 Å². The van der Waals surface area contributed by atoms with E-state index in [1.165, 1.54) is 10.5 Å². The van der Waals surface area contributed by atoms with Crippen molar-refractivity contribution in [1.29, 1.82) is 0 Å². The smallest absolute Gasteiger partial charge is 0.287 e. The van der Waals surface area contributed by atoms with Gasteiger partial charge in [-0.25, -0.2) is 0 Å². The first-order valence-electron chi connectivity index (χ1n) is 8.27. The summed E-state index contributed by atoms with van der Waals surface area (Å²) in [4.78, 5) is 14.1. The molecule has 1 aliphatic rings. The molecule has 25 heavy (non-hydrogen) atoms. The first kappa shape index (κ1) is 16.1. The Morgan fingerprint density at radius 3 is 2.96 bits per heavy atom. The average Bonchev–Trinajstić information content (AvgIpc) is 2.98. The summed E-state index contributed by atoms with van der Waals surface area (Å²) in [5.41, 5.74) is 2.72. The number of methoxy groups -OCH3 is 1. The van der Waals surface area contributed by atoms with Crippen molar-refractivity contribution in [3.63, 3.8) is 0 Å². The highest BCUT2D eigenvalue weighted by molar-refractivity contribution is 7.99. The molecule has 0 unspecified atom stereocenters. The lowest BCUT2D eigenvalue weighted by Crippen LogP contribution is -2.30. The van der Waals surface area contributed by atoms with Crippen molar-refractivity contribution >= 4 is 28.6 Å². The van der Waals surface area contributed by atoms with E-state index < -0.39 is 0 Å². The Hall–Kier alpha value is -2.40. The quantitative estimate of drug-likeness (QED) is 0.740. The molecule has 1 aliphatic heterocycles.